The number of methoxy groups -OCH3 is 1. The van der Waals surface area contributed by atoms with Crippen molar-refractivity contribution >= 4 is 11.8 Å². The maximum absolute atomic E-state index is 11.6. The molecule has 0 heterocycles. The summed E-state index contributed by atoms with van der Waals surface area (Å²) in [5, 5.41) is 8.44. The number of hydrogen-bond donors (Lipinski definition) is 1. The summed E-state index contributed by atoms with van der Waals surface area (Å²) >= 11 is 0. The van der Waals surface area contributed by atoms with Crippen molar-refractivity contribution < 1.29 is 24.2 Å². The smallest absolute Gasteiger partial charge is 0.328 e. The number of ketones is 1. The minimum Gasteiger partial charge on any atom is -0.493 e. The van der Waals surface area contributed by atoms with E-state index in [0.717, 1.165) is 12.2 Å². The van der Waals surface area contributed by atoms with E-state index in [2.05, 4.69) is 0 Å². The van der Waals surface area contributed by atoms with Gasteiger partial charge in [0.25, 0.3) is 0 Å². The number of ether oxygens (including phenoxy) is 2. The summed E-state index contributed by atoms with van der Waals surface area (Å²) in [7, 11) is 1.47. The Balaban J connectivity index is 2.97. The van der Waals surface area contributed by atoms with Crippen LogP contribution in [0.15, 0.2) is 30.4 Å². The van der Waals surface area contributed by atoms with E-state index in [1.54, 1.807) is 12.1 Å². The normalized spacial score (nSPS) is 10.3. The van der Waals surface area contributed by atoms with Crippen molar-refractivity contribution in [3.63, 3.8) is 0 Å². The zero-order valence-corrected chi connectivity index (χ0v) is 10.2. The second-order valence-electron chi connectivity index (χ2n) is 3.33. The van der Waals surface area contributed by atoms with Crippen LogP contribution in [0.2, 0.25) is 0 Å². The van der Waals surface area contributed by atoms with Crippen LogP contribution >= 0.6 is 0 Å². The van der Waals surface area contributed by atoms with Crippen molar-refractivity contribution in [3.8, 4) is 11.5 Å². The molecular formula is C13H14O5. The topological polar surface area (TPSA) is 72.8 Å². The van der Waals surface area contributed by atoms with E-state index in [1.807, 2.05) is 6.92 Å². The van der Waals surface area contributed by atoms with Gasteiger partial charge >= 0.3 is 5.97 Å². The average Bonchev–Trinajstić information content (AvgIpc) is 2.36. The molecular weight excluding hydrogens is 236 g/mol. The Morgan fingerprint density at radius 2 is 2.00 bits per heavy atom. The molecule has 0 aliphatic heterocycles. The summed E-state index contributed by atoms with van der Waals surface area (Å²) < 4.78 is 10.4. The minimum absolute atomic E-state index is 0.341. The number of rotatable bonds is 6. The molecule has 5 nitrogen and oxygen atoms in total. The fourth-order valence-corrected chi connectivity index (χ4v) is 1.34. The molecule has 1 N–H and O–H groups in total. The number of carbonyl (C=O) groups excluding carboxylic acids is 1. The Labute approximate surface area is 105 Å². The van der Waals surface area contributed by atoms with Crippen LogP contribution in [0.1, 0.15) is 17.3 Å². The van der Waals surface area contributed by atoms with Crippen molar-refractivity contribution in [2.75, 3.05) is 13.7 Å². The van der Waals surface area contributed by atoms with Gasteiger partial charge in [0, 0.05) is 11.6 Å². The molecule has 0 aromatic heterocycles. The van der Waals surface area contributed by atoms with Crippen molar-refractivity contribution in [2.24, 2.45) is 0 Å². The molecule has 0 amide bonds. The second kappa shape index (κ2) is 6.44. The SMILES string of the molecule is CCOc1ccc(C(=O)C=CC(=O)O)cc1OC. The molecule has 0 radical (unpaired) electrons. The summed E-state index contributed by atoms with van der Waals surface area (Å²) in [6.07, 6.45) is 1.79. The molecule has 0 fully saturated rings. The molecule has 0 aliphatic rings. The van der Waals surface area contributed by atoms with E-state index >= 15 is 0 Å². The van der Waals surface area contributed by atoms with Crippen LogP contribution in [-0.4, -0.2) is 30.6 Å². The van der Waals surface area contributed by atoms with Gasteiger partial charge in [0.1, 0.15) is 0 Å². The lowest BCUT2D eigenvalue weighted by Crippen LogP contribution is -2.00. The number of benzene rings is 1. The van der Waals surface area contributed by atoms with Gasteiger partial charge in [0.15, 0.2) is 17.3 Å². The molecule has 1 aromatic rings. The molecule has 0 spiro atoms. The first-order valence-corrected chi connectivity index (χ1v) is 5.34. The summed E-state index contributed by atoms with van der Waals surface area (Å²) in [5.74, 6) is -0.592. The standard InChI is InChI=1S/C13H14O5/c1-3-18-11-6-4-9(8-12(11)17-2)10(14)5-7-13(15)16/h4-8H,3H2,1-2H3,(H,15,16). The summed E-state index contributed by atoms with van der Waals surface area (Å²) in [4.78, 5) is 22.0. The van der Waals surface area contributed by atoms with Crippen LogP contribution in [-0.2, 0) is 4.79 Å². The van der Waals surface area contributed by atoms with Gasteiger partial charge < -0.3 is 14.6 Å². The fourth-order valence-electron chi connectivity index (χ4n) is 1.34. The van der Waals surface area contributed by atoms with Crippen molar-refractivity contribution in [2.45, 2.75) is 6.92 Å². The summed E-state index contributed by atoms with van der Waals surface area (Å²) in [6, 6.07) is 4.69. The van der Waals surface area contributed by atoms with Gasteiger partial charge in [-0.25, -0.2) is 4.79 Å². The van der Waals surface area contributed by atoms with E-state index < -0.39 is 11.8 Å². The highest BCUT2D eigenvalue weighted by Crippen LogP contribution is 2.28. The molecule has 0 bridgehead atoms. The maximum Gasteiger partial charge on any atom is 0.328 e. The largest absolute Gasteiger partial charge is 0.493 e. The third-order valence-corrected chi connectivity index (χ3v) is 2.13. The zero-order chi connectivity index (χ0) is 13.5. The molecule has 0 aliphatic carbocycles. The highest BCUT2D eigenvalue weighted by molar-refractivity contribution is 6.07. The van der Waals surface area contributed by atoms with Crippen molar-refractivity contribution in [1.29, 1.82) is 0 Å². The Morgan fingerprint density at radius 3 is 2.56 bits per heavy atom. The lowest BCUT2D eigenvalue weighted by atomic mass is 10.1. The van der Waals surface area contributed by atoms with E-state index in [-0.39, 0.29) is 0 Å². The lowest BCUT2D eigenvalue weighted by molar-refractivity contribution is -0.131. The molecule has 0 unspecified atom stereocenters. The highest BCUT2D eigenvalue weighted by Gasteiger charge is 2.09. The van der Waals surface area contributed by atoms with Gasteiger partial charge in [0.2, 0.25) is 0 Å². The van der Waals surface area contributed by atoms with Crippen molar-refractivity contribution in [1.82, 2.24) is 0 Å². The number of hydrogen-bond acceptors (Lipinski definition) is 4. The third kappa shape index (κ3) is 3.62. The zero-order valence-electron chi connectivity index (χ0n) is 10.2. The van der Waals surface area contributed by atoms with E-state index in [4.69, 9.17) is 14.6 Å². The molecule has 18 heavy (non-hydrogen) atoms. The first-order chi connectivity index (χ1) is 8.58. The number of carboxylic acids is 1. The first-order valence-electron chi connectivity index (χ1n) is 5.34. The molecule has 1 aromatic carbocycles. The monoisotopic (exact) mass is 250 g/mol. The molecule has 0 saturated carbocycles. The Morgan fingerprint density at radius 1 is 1.28 bits per heavy atom. The number of carboxylic acid groups (broad SMARTS) is 1. The number of carbonyl (C=O) groups is 2. The Kier molecular flexibility index (Phi) is 4.92. The van der Waals surface area contributed by atoms with Gasteiger partial charge in [-0.2, -0.15) is 0 Å². The van der Waals surface area contributed by atoms with Crippen LogP contribution in [0.25, 0.3) is 0 Å². The number of allylic oxidation sites excluding steroid dienone is 1. The summed E-state index contributed by atoms with van der Waals surface area (Å²) in [5.41, 5.74) is 0.341. The molecule has 0 saturated heterocycles. The highest BCUT2D eigenvalue weighted by atomic mass is 16.5. The average molecular weight is 250 g/mol. The fraction of sp³-hybridized carbons (Fsp3) is 0.231. The quantitative estimate of drug-likeness (QED) is 0.616. The van der Waals surface area contributed by atoms with Crippen molar-refractivity contribution in [3.05, 3.63) is 35.9 Å². The predicted octanol–water partition coefficient (Wildman–Crippen LogP) is 1.92. The van der Waals surface area contributed by atoms with Crippen LogP contribution < -0.4 is 9.47 Å². The third-order valence-electron chi connectivity index (χ3n) is 2.13. The molecule has 96 valence electrons. The second-order valence-corrected chi connectivity index (χ2v) is 3.33. The maximum atomic E-state index is 11.6. The van der Waals surface area contributed by atoms with E-state index in [9.17, 15) is 9.59 Å². The molecule has 1 rings (SSSR count). The van der Waals surface area contributed by atoms with Crippen LogP contribution in [0.5, 0.6) is 11.5 Å². The van der Waals surface area contributed by atoms with Gasteiger partial charge in [-0.15, -0.1) is 0 Å². The number of aliphatic carboxylic acids is 1. The Bertz CT molecular complexity index is 476. The van der Waals surface area contributed by atoms with E-state index in [1.165, 1.54) is 13.2 Å². The predicted molar refractivity (Wildman–Crippen MR) is 65.3 cm³/mol. The van der Waals surface area contributed by atoms with Crippen LogP contribution in [0, 0.1) is 0 Å². The van der Waals surface area contributed by atoms with Gasteiger partial charge in [0.05, 0.1) is 13.7 Å². The van der Waals surface area contributed by atoms with Gasteiger partial charge in [-0.05, 0) is 31.2 Å². The van der Waals surface area contributed by atoms with Gasteiger partial charge in [-0.3, -0.25) is 4.79 Å². The molecule has 0 atom stereocenters. The van der Waals surface area contributed by atoms with Gasteiger partial charge in [-0.1, -0.05) is 0 Å². The first kappa shape index (κ1) is 13.8. The minimum atomic E-state index is -1.17. The van der Waals surface area contributed by atoms with Crippen LogP contribution in [0.4, 0.5) is 0 Å². The lowest BCUT2D eigenvalue weighted by Gasteiger charge is -2.09. The van der Waals surface area contributed by atoms with E-state index in [0.29, 0.717) is 23.7 Å². The summed E-state index contributed by atoms with van der Waals surface area (Å²) in [6.45, 7) is 2.33. The Hall–Kier alpha value is -2.30. The van der Waals surface area contributed by atoms with Crippen LogP contribution in [0.3, 0.4) is 0 Å². The molecule has 5 heteroatoms.